The van der Waals surface area contributed by atoms with Crippen LogP contribution in [-0.4, -0.2) is 34.1 Å². The van der Waals surface area contributed by atoms with Crippen molar-refractivity contribution in [3.63, 3.8) is 0 Å². The summed E-state index contributed by atoms with van der Waals surface area (Å²) < 4.78 is 0. The lowest BCUT2D eigenvalue weighted by molar-refractivity contribution is 0.00985. The summed E-state index contributed by atoms with van der Waals surface area (Å²) in [6, 6.07) is 1.93. The standard InChI is InChI=1S/C12H16ClN3O/c13-8-6-9(11(14)15-7-8)12(17)3-5-16-4-1-2-10(12)16/h6-7,10,17H,1-5H2,(H2,14,15). The lowest BCUT2D eigenvalue weighted by Crippen LogP contribution is -2.39. The molecule has 1 aromatic rings. The van der Waals surface area contributed by atoms with Gasteiger partial charge in [0.2, 0.25) is 0 Å². The molecule has 2 atom stereocenters. The molecule has 17 heavy (non-hydrogen) atoms. The fourth-order valence-electron chi connectivity index (χ4n) is 3.23. The Morgan fingerprint density at radius 1 is 1.53 bits per heavy atom. The highest BCUT2D eigenvalue weighted by molar-refractivity contribution is 6.30. The first-order valence-electron chi connectivity index (χ1n) is 5.99. The normalized spacial score (nSPS) is 32.9. The van der Waals surface area contributed by atoms with E-state index in [4.69, 9.17) is 17.3 Å². The van der Waals surface area contributed by atoms with Crippen molar-refractivity contribution < 1.29 is 5.11 Å². The number of anilines is 1. The molecular formula is C12H16ClN3O. The van der Waals surface area contributed by atoms with E-state index in [1.54, 1.807) is 6.07 Å². The van der Waals surface area contributed by atoms with E-state index < -0.39 is 5.60 Å². The Balaban J connectivity index is 2.05. The van der Waals surface area contributed by atoms with Gasteiger partial charge in [-0.1, -0.05) is 11.6 Å². The van der Waals surface area contributed by atoms with Crippen molar-refractivity contribution in [2.75, 3.05) is 18.8 Å². The Labute approximate surface area is 105 Å². The van der Waals surface area contributed by atoms with Crippen LogP contribution in [0.4, 0.5) is 5.82 Å². The molecule has 0 saturated carbocycles. The van der Waals surface area contributed by atoms with Crippen LogP contribution in [0.3, 0.4) is 0 Å². The fourth-order valence-corrected chi connectivity index (χ4v) is 3.38. The Bertz CT molecular complexity index is 453. The summed E-state index contributed by atoms with van der Waals surface area (Å²) in [5.74, 6) is 0.394. The van der Waals surface area contributed by atoms with Crippen molar-refractivity contribution in [1.29, 1.82) is 0 Å². The number of nitrogens with two attached hydrogens (primary N) is 1. The number of hydrogen-bond acceptors (Lipinski definition) is 4. The Morgan fingerprint density at radius 3 is 3.18 bits per heavy atom. The third-order valence-electron chi connectivity index (χ3n) is 4.05. The number of fused-ring (bicyclic) bond motifs is 1. The first kappa shape index (κ1) is 11.3. The van der Waals surface area contributed by atoms with Crippen LogP contribution in [0.5, 0.6) is 0 Å². The van der Waals surface area contributed by atoms with Crippen LogP contribution in [0.15, 0.2) is 12.3 Å². The molecule has 0 aromatic carbocycles. The number of pyridine rings is 1. The van der Waals surface area contributed by atoms with Gasteiger partial charge in [-0.2, -0.15) is 0 Å². The molecule has 1 aromatic heterocycles. The summed E-state index contributed by atoms with van der Waals surface area (Å²) in [4.78, 5) is 6.38. The maximum Gasteiger partial charge on any atom is 0.129 e. The van der Waals surface area contributed by atoms with E-state index in [2.05, 4.69) is 9.88 Å². The van der Waals surface area contributed by atoms with E-state index in [9.17, 15) is 5.11 Å². The van der Waals surface area contributed by atoms with Gasteiger partial charge < -0.3 is 10.8 Å². The fraction of sp³-hybridized carbons (Fsp3) is 0.583. The SMILES string of the molecule is Nc1ncc(Cl)cc1C1(O)CCN2CCCC21. The topological polar surface area (TPSA) is 62.4 Å². The number of nitrogens with zero attached hydrogens (tertiary/aromatic N) is 2. The third-order valence-corrected chi connectivity index (χ3v) is 4.25. The smallest absolute Gasteiger partial charge is 0.129 e. The molecule has 2 aliphatic heterocycles. The predicted octanol–water partition coefficient (Wildman–Crippen LogP) is 1.37. The van der Waals surface area contributed by atoms with E-state index in [1.807, 2.05) is 0 Å². The second-order valence-corrected chi connectivity index (χ2v) is 5.39. The lowest BCUT2D eigenvalue weighted by Gasteiger charge is -2.31. The lowest BCUT2D eigenvalue weighted by atomic mass is 9.85. The molecule has 0 radical (unpaired) electrons. The summed E-state index contributed by atoms with van der Waals surface area (Å²) in [5.41, 5.74) is 5.71. The largest absolute Gasteiger partial charge is 0.383 e. The second kappa shape index (κ2) is 3.83. The molecule has 2 saturated heterocycles. The van der Waals surface area contributed by atoms with Crippen LogP contribution in [0.25, 0.3) is 0 Å². The van der Waals surface area contributed by atoms with Crippen molar-refractivity contribution in [2.24, 2.45) is 0 Å². The molecule has 0 aliphatic carbocycles. The van der Waals surface area contributed by atoms with Gasteiger partial charge in [0.1, 0.15) is 11.4 Å². The summed E-state index contributed by atoms with van der Waals surface area (Å²) >= 11 is 5.96. The highest BCUT2D eigenvalue weighted by Gasteiger charge is 2.50. The Hall–Kier alpha value is -0.840. The van der Waals surface area contributed by atoms with Gasteiger partial charge in [0, 0.05) is 24.3 Å². The second-order valence-electron chi connectivity index (χ2n) is 4.95. The summed E-state index contributed by atoms with van der Waals surface area (Å²) in [7, 11) is 0. The Morgan fingerprint density at radius 2 is 2.35 bits per heavy atom. The monoisotopic (exact) mass is 253 g/mol. The number of nitrogen functional groups attached to an aromatic ring is 1. The summed E-state index contributed by atoms with van der Waals surface area (Å²) in [6.45, 7) is 1.99. The van der Waals surface area contributed by atoms with Crippen LogP contribution in [0.2, 0.25) is 5.02 Å². The minimum Gasteiger partial charge on any atom is -0.383 e. The van der Waals surface area contributed by atoms with Gasteiger partial charge in [0.25, 0.3) is 0 Å². The molecule has 3 rings (SSSR count). The van der Waals surface area contributed by atoms with E-state index in [0.29, 0.717) is 22.8 Å². The van der Waals surface area contributed by atoms with E-state index >= 15 is 0 Å². The van der Waals surface area contributed by atoms with Gasteiger partial charge in [-0.3, -0.25) is 4.90 Å². The molecule has 2 aliphatic rings. The van der Waals surface area contributed by atoms with Crippen LogP contribution in [-0.2, 0) is 5.60 Å². The molecule has 4 nitrogen and oxygen atoms in total. The minimum absolute atomic E-state index is 0.171. The first-order chi connectivity index (χ1) is 8.11. The number of rotatable bonds is 1. The van der Waals surface area contributed by atoms with Gasteiger partial charge in [-0.25, -0.2) is 4.98 Å². The van der Waals surface area contributed by atoms with E-state index in [1.165, 1.54) is 6.20 Å². The summed E-state index contributed by atoms with van der Waals surface area (Å²) in [5, 5.41) is 11.4. The van der Waals surface area contributed by atoms with Crippen LogP contribution in [0, 0.1) is 0 Å². The van der Waals surface area contributed by atoms with E-state index in [-0.39, 0.29) is 6.04 Å². The van der Waals surface area contributed by atoms with Crippen molar-refractivity contribution in [3.05, 3.63) is 22.8 Å². The number of aliphatic hydroxyl groups is 1. The highest BCUT2D eigenvalue weighted by Crippen LogP contribution is 2.44. The maximum atomic E-state index is 10.9. The van der Waals surface area contributed by atoms with Gasteiger partial charge in [0.15, 0.2) is 0 Å². The highest BCUT2D eigenvalue weighted by atomic mass is 35.5. The average Bonchev–Trinajstić information content (AvgIpc) is 2.87. The summed E-state index contributed by atoms with van der Waals surface area (Å²) in [6.07, 6.45) is 4.39. The maximum absolute atomic E-state index is 10.9. The molecule has 2 fully saturated rings. The molecule has 0 spiro atoms. The minimum atomic E-state index is -0.877. The van der Waals surface area contributed by atoms with Crippen LogP contribution < -0.4 is 5.73 Å². The molecule has 92 valence electrons. The van der Waals surface area contributed by atoms with Crippen molar-refractivity contribution in [1.82, 2.24) is 9.88 Å². The zero-order chi connectivity index (χ0) is 12.0. The zero-order valence-corrected chi connectivity index (χ0v) is 10.3. The number of hydrogen-bond donors (Lipinski definition) is 2. The quantitative estimate of drug-likeness (QED) is 0.794. The van der Waals surface area contributed by atoms with Gasteiger partial charge >= 0.3 is 0 Å². The Kier molecular flexibility index (Phi) is 2.54. The first-order valence-corrected chi connectivity index (χ1v) is 6.37. The molecule has 2 unspecified atom stereocenters. The molecule has 3 N–H and O–H groups in total. The zero-order valence-electron chi connectivity index (χ0n) is 9.56. The average molecular weight is 254 g/mol. The molecular weight excluding hydrogens is 238 g/mol. The molecule has 0 bridgehead atoms. The van der Waals surface area contributed by atoms with Crippen LogP contribution >= 0.6 is 11.6 Å². The molecule has 5 heteroatoms. The van der Waals surface area contributed by atoms with Crippen molar-refractivity contribution in [3.8, 4) is 0 Å². The number of aromatic nitrogens is 1. The number of halogens is 1. The third kappa shape index (κ3) is 1.63. The van der Waals surface area contributed by atoms with Crippen molar-refractivity contribution in [2.45, 2.75) is 30.9 Å². The molecule has 0 amide bonds. The van der Waals surface area contributed by atoms with Crippen molar-refractivity contribution >= 4 is 17.4 Å². The van der Waals surface area contributed by atoms with Gasteiger partial charge in [-0.05, 0) is 31.9 Å². The van der Waals surface area contributed by atoms with Crippen LogP contribution in [0.1, 0.15) is 24.8 Å². The van der Waals surface area contributed by atoms with E-state index in [0.717, 1.165) is 25.9 Å². The van der Waals surface area contributed by atoms with Gasteiger partial charge in [-0.15, -0.1) is 0 Å². The van der Waals surface area contributed by atoms with Gasteiger partial charge in [0.05, 0.1) is 5.02 Å². The predicted molar refractivity (Wildman–Crippen MR) is 66.8 cm³/mol. The molecule has 3 heterocycles.